The quantitative estimate of drug-likeness (QED) is 0.162. The number of carbonyl (C=O) groups excluding carboxylic acids is 3. The highest BCUT2D eigenvalue weighted by atomic mass is 28.4. The lowest BCUT2D eigenvalue weighted by molar-refractivity contribution is -0.274. The number of aliphatic hydroxyl groups excluding tert-OH is 5. The van der Waals surface area contributed by atoms with E-state index < -0.39 is 74.0 Å². The Balaban J connectivity index is 1.42. The number of hydrogen-bond acceptors (Lipinski definition) is 11. The van der Waals surface area contributed by atoms with E-state index in [0.717, 1.165) is 5.56 Å². The van der Waals surface area contributed by atoms with Crippen molar-refractivity contribution in [1.82, 2.24) is 4.90 Å². The number of aliphatic hydroxyl groups is 5. The van der Waals surface area contributed by atoms with Crippen molar-refractivity contribution < 1.29 is 54.2 Å². The van der Waals surface area contributed by atoms with E-state index in [1.807, 2.05) is 30.3 Å². The summed E-state index contributed by atoms with van der Waals surface area (Å²) in [5.74, 6) is -2.31. The molecule has 9 atom stereocenters. The van der Waals surface area contributed by atoms with Gasteiger partial charge >= 0.3 is 0 Å². The molecule has 0 saturated carbocycles. The summed E-state index contributed by atoms with van der Waals surface area (Å²) in [5.41, 5.74) is -0.337. The molecule has 2 aromatic carbocycles. The van der Waals surface area contributed by atoms with Crippen molar-refractivity contribution in [1.29, 1.82) is 0 Å². The molecule has 2 fully saturated rings. The van der Waals surface area contributed by atoms with E-state index in [2.05, 4.69) is 10.6 Å². The molecule has 0 aliphatic carbocycles. The highest BCUT2D eigenvalue weighted by molar-refractivity contribution is 6.71. The lowest BCUT2D eigenvalue weighted by atomic mass is 9.82. The number of hydrogen-bond donors (Lipinski definition) is 8. The van der Waals surface area contributed by atoms with Crippen LogP contribution in [0.25, 0.3) is 0 Å². The van der Waals surface area contributed by atoms with Gasteiger partial charge in [-0.3, -0.25) is 14.4 Å². The summed E-state index contributed by atoms with van der Waals surface area (Å²) in [5, 5.41) is 54.9. The third-order valence-corrected chi connectivity index (χ3v) is 11.7. The Hall–Kier alpha value is -3.25. The van der Waals surface area contributed by atoms with E-state index in [0.29, 0.717) is 11.3 Å². The van der Waals surface area contributed by atoms with E-state index >= 15 is 0 Å². The predicted molar refractivity (Wildman–Crippen MR) is 165 cm³/mol. The molecule has 0 radical (unpaired) electrons. The zero-order chi connectivity index (χ0) is 33.6. The fourth-order valence-electron chi connectivity index (χ4n) is 6.98. The average Bonchev–Trinajstić information content (AvgIpc) is 3.46. The number of anilines is 2. The summed E-state index contributed by atoms with van der Waals surface area (Å²) in [7, 11) is -3.08. The minimum Gasteiger partial charge on any atom is -0.432 e. The number of carbonyl (C=O) groups is 3. The van der Waals surface area contributed by atoms with Gasteiger partial charge in [0, 0.05) is 41.5 Å². The third kappa shape index (κ3) is 6.22. The Morgan fingerprint density at radius 1 is 1.04 bits per heavy atom. The molecule has 5 rings (SSSR count). The maximum Gasteiger partial charge on any atom is 0.261 e. The number of nitrogens with zero attached hydrogens (tertiary/aromatic N) is 1. The smallest absolute Gasteiger partial charge is 0.261 e. The molecule has 8 N–H and O–H groups in total. The van der Waals surface area contributed by atoms with Gasteiger partial charge in [0.1, 0.15) is 18.3 Å². The minimum atomic E-state index is -3.08. The fraction of sp³-hybridized carbons (Fsp3) is 0.516. The molecule has 2 aromatic rings. The van der Waals surface area contributed by atoms with E-state index in [9.17, 15) is 44.7 Å². The number of rotatable bonds is 9. The second-order valence-corrected chi connectivity index (χ2v) is 16.7. The second-order valence-electron chi connectivity index (χ2n) is 12.7. The van der Waals surface area contributed by atoms with Gasteiger partial charge in [0.05, 0.1) is 19.1 Å². The Bertz CT molecular complexity index is 1460. The molecule has 3 aliphatic heterocycles. The number of ether oxygens (including phenoxy) is 2. The van der Waals surface area contributed by atoms with Crippen LogP contribution in [-0.4, -0.2) is 111 Å². The summed E-state index contributed by atoms with van der Waals surface area (Å²) < 4.78 is 11.6. The van der Waals surface area contributed by atoms with E-state index in [4.69, 9.17) is 9.47 Å². The SMILES string of the molecule is C[C@H]1[C@H]([Si](C)(C)O)[C@@H](CC(=O)N(CCO)Cc2ccccc2)O[C@]12C(=O)Nc1ccc(NC(=O)[C@H]3O[C@@H](O)[C@H](O)[C@@H](O)[C@@H]3O)cc12. The summed E-state index contributed by atoms with van der Waals surface area (Å²) in [6.45, 7) is 5.34. The Morgan fingerprint density at radius 2 is 1.74 bits per heavy atom. The molecule has 14 nitrogen and oxygen atoms in total. The van der Waals surface area contributed by atoms with Gasteiger partial charge in [0.2, 0.25) is 5.91 Å². The topological polar surface area (TPSA) is 218 Å². The molecule has 0 aromatic heterocycles. The van der Waals surface area contributed by atoms with Crippen LogP contribution >= 0.6 is 0 Å². The number of amides is 3. The van der Waals surface area contributed by atoms with Crippen molar-refractivity contribution in [2.75, 3.05) is 23.8 Å². The molecule has 3 amide bonds. The van der Waals surface area contributed by atoms with Crippen LogP contribution in [0.3, 0.4) is 0 Å². The number of nitrogens with one attached hydrogen (secondary N) is 2. The number of benzene rings is 2. The number of fused-ring (bicyclic) bond motifs is 2. The van der Waals surface area contributed by atoms with Gasteiger partial charge in [-0.25, -0.2) is 0 Å². The van der Waals surface area contributed by atoms with Crippen LogP contribution in [0.4, 0.5) is 11.4 Å². The van der Waals surface area contributed by atoms with Crippen LogP contribution in [0.15, 0.2) is 48.5 Å². The highest BCUT2D eigenvalue weighted by Crippen LogP contribution is 2.58. The largest absolute Gasteiger partial charge is 0.432 e. The fourth-order valence-corrected chi connectivity index (χ4v) is 9.54. The minimum absolute atomic E-state index is 0.0879. The van der Waals surface area contributed by atoms with Gasteiger partial charge < -0.3 is 55.3 Å². The van der Waals surface area contributed by atoms with E-state index in [1.54, 1.807) is 26.1 Å². The van der Waals surface area contributed by atoms with Gasteiger partial charge in [-0.2, -0.15) is 0 Å². The summed E-state index contributed by atoms with van der Waals surface area (Å²) in [6.07, 6.45) is -10.1. The molecule has 46 heavy (non-hydrogen) atoms. The van der Waals surface area contributed by atoms with Crippen LogP contribution < -0.4 is 10.6 Å². The molecule has 250 valence electrons. The summed E-state index contributed by atoms with van der Waals surface area (Å²) in [6, 6.07) is 13.9. The standard InChI is InChI=1S/C31H41N3O11Si/c1-16-27(46(2,3)43)21(14-22(36)34(11-12-35)15-17-7-5-4-6-8-17)45-31(16)19-13-18(9-10-20(19)33-30(31)42)32-28(40)26-24(38)23(37)25(39)29(41)44-26/h4-10,13,16,21,23-27,29,35,37-39,41,43H,11-12,14-15H2,1-3H3,(H,32,40)(H,33,42)/t16-,21+,23-,24-,25+,26-,27-,29+,31+/m0/s1. The van der Waals surface area contributed by atoms with Crippen LogP contribution in [0.2, 0.25) is 18.6 Å². The molecular formula is C31H41N3O11Si. The van der Waals surface area contributed by atoms with Crippen molar-refractivity contribution in [2.24, 2.45) is 5.92 Å². The zero-order valence-electron chi connectivity index (χ0n) is 25.7. The Kier molecular flexibility index (Phi) is 9.71. The normalized spacial score (nSPS) is 32.2. The molecular weight excluding hydrogens is 618 g/mol. The van der Waals surface area contributed by atoms with E-state index in [-0.39, 0.29) is 37.7 Å². The van der Waals surface area contributed by atoms with Gasteiger partial charge in [0.25, 0.3) is 11.8 Å². The lowest BCUT2D eigenvalue weighted by Gasteiger charge is -2.37. The molecule has 3 heterocycles. The van der Waals surface area contributed by atoms with E-state index in [1.165, 1.54) is 17.0 Å². The molecule has 0 bridgehead atoms. The molecule has 2 saturated heterocycles. The lowest BCUT2D eigenvalue weighted by Crippen LogP contribution is -2.60. The Morgan fingerprint density at radius 3 is 2.39 bits per heavy atom. The van der Waals surface area contributed by atoms with Crippen molar-refractivity contribution in [3.63, 3.8) is 0 Å². The van der Waals surface area contributed by atoms with Crippen molar-refractivity contribution in [2.45, 2.75) is 80.9 Å². The van der Waals surface area contributed by atoms with Gasteiger partial charge in [0.15, 0.2) is 26.3 Å². The van der Waals surface area contributed by atoms with Crippen molar-refractivity contribution in [3.05, 3.63) is 59.7 Å². The first kappa shape index (κ1) is 34.1. The predicted octanol–water partition coefficient (Wildman–Crippen LogP) is -0.414. The monoisotopic (exact) mass is 659 g/mol. The third-order valence-electron chi connectivity index (χ3n) is 9.17. The highest BCUT2D eigenvalue weighted by Gasteiger charge is 2.65. The maximum absolute atomic E-state index is 13.7. The summed E-state index contributed by atoms with van der Waals surface area (Å²) in [4.78, 5) is 53.4. The second kappa shape index (κ2) is 13.1. The van der Waals surface area contributed by atoms with Crippen molar-refractivity contribution in [3.8, 4) is 0 Å². The van der Waals surface area contributed by atoms with Gasteiger partial charge in [-0.05, 0) is 36.9 Å². The maximum atomic E-state index is 13.7. The first-order valence-electron chi connectivity index (χ1n) is 15.2. The van der Waals surface area contributed by atoms with Gasteiger partial charge in [-0.1, -0.05) is 37.3 Å². The van der Waals surface area contributed by atoms with Gasteiger partial charge in [-0.15, -0.1) is 0 Å². The molecule has 3 aliphatic rings. The Labute approximate surface area is 266 Å². The van der Waals surface area contributed by atoms with Crippen LogP contribution in [-0.2, 0) is 36.0 Å². The van der Waals surface area contributed by atoms with Crippen LogP contribution in [0, 0.1) is 5.92 Å². The first-order valence-corrected chi connectivity index (χ1v) is 18.2. The average molecular weight is 660 g/mol. The summed E-state index contributed by atoms with van der Waals surface area (Å²) >= 11 is 0. The molecule has 1 spiro atoms. The zero-order valence-corrected chi connectivity index (χ0v) is 26.7. The van der Waals surface area contributed by atoms with Crippen LogP contribution in [0.5, 0.6) is 0 Å². The van der Waals surface area contributed by atoms with Crippen molar-refractivity contribution >= 4 is 37.4 Å². The molecule has 15 heteroatoms. The first-order chi connectivity index (χ1) is 21.7. The van der Waals surface area contributed by atoms with Crippen LogP contribution in [0.1, 0.15) is 24.5 Å². The molecule has 0 unspecified atom stereocenters.